The number of nitrogens with zero attached hydrogens (tertiary/aromatic N) is 4. The molecule has 8 nitrogen and oxygen atoms in total. The van der Waals surface area contributed by atoms with Crippen LogP contribution in [0.5, 0.6) is 0 Å². The molecule has 0 N–H and O–H groups in total. The van der Waals surface area contributed by atoms with Crippen LogP contribution in [0.4, 0.5) is 0 Å². The smallest absolute Gasteiger partial charge is 0.266 e. The highest BCUT2D eigenvalue weighted by molar-refractivity contribution is 8.27. The maximum atomic E-state index is 13.0. The van der Waals surface area contributed by atoms with Gasteiger partial charge in [-0.15, -0.1) is 0 Å². The number of hydrogen-bond donors (Lipinski definition) is 0. The van der Waals surface area contributed by atoms with Crippen molar-refractivity contribution in [3.63, 3.8) is 0 Å². The van der Waals surface area contributed by atoms with E-state index in [0.29, 0.717) is 44.6 Å². The number of amides is 4. The van der Waals surface area contributed by atoms with Gasteiger partial charge in [0, 0.05) is 52.1 Å². The summed E-state index contributed by atoms with van der Waals surface area (Å²) in [5.41, 5.74) is 4.13. The van der Waals surface area contributed by atoms with Crippen LogP contribution in [0.25, 0.3) is 12.2 Å². The first-order valence-electron chi connectivity index (χ1n) is 14.3. The summed E-state index contributed by atoms with van der Waals surface area (Å²) in [4.78, 5) is 59.3. The molecule has 3 fully saturated rings. The van der Waals surface area contributed by atoms with Gasteiger partial charge >= 0.3 is 0 Å². The Balaban J connectivity index is 1.06. The monoisotopic (exact) mass is 664 g/mol. The fourth-order valence-corrected chi connectivity index (χ4v) is 7.57. The first kappa shape index (κ1) is 32.1. The SMILES string of the molecule is Cc1ccc(/C=C2/SC(=S)N(CCC(=O)N3CCN(C(=O)CCN4C(=O)/C(=C\c5ccc(C)cc5)SC4=S)CC3)C2=O)cc1. The van der Waals surface area contributed by atoms with Gasteiger partial charge in [-0.25, -0.2) is 0 Å². The Labute approximate surface area is 276 Å². The largest absolute Gasteiger partial charge is 0.339 e. The van der Waals surface area contributed by atoms with E-state index in [0.717, 1.165) is 22.3 Å². The van der Waals surface area contributed by atoms with E-state index < -0.39 is 0 Å². The Kier molecular flexibility index (Phi) is 10.3. The summed E-state index contributed by atoms with van der Waals surface area (Å²) in [6.45, 7) is 6.10. The molecule has 0 atom stereocenters. The molecule has 12 heteroatoms. The van der Waals surface area contributed by atoms with Crippen molar-refractivity contribution in [2.75, 3.05) is 39.3 Å². The third-order valence-corrected chi connectivity index (χ3v) is 10.3. The van der Waals surface area contributed by atoms with E-state index in [1.54, 1.807) is 9.80 Å². The Morgan fingerprint density at radius 3 is 1.34 bits per heavy atom. The molecule has 3 heterocycles. The molecule has 3 saturated heterocycles. The van der Waals surface area contributed by atoms with Crippen LogP contribution in [0.15, 0.2) is 58.3 Å². The van der Waals surface area contributed by atoms with E-state index in [1.807, 2.05) is 74.5 Å². The number of thiocarbonyl (C=S) groups is 2. The Morgan fingerprint density at radius 1 is 0.659 bits per heavy atom. The van der Waals surface area contributed by atoms with E-state index in [-0.39, 0.29) is 49.6 Å². The first-order chi connectivity index (χ1) is 21.1. The molecular formula is C32H32N4O4S4. The Morgan fingerprint density at radius 2 is 1.00 bits per heavy atom. The van der Waals surface area contributed by atoms with E-state index in [4.69, 9.17) is 24.4 Å². The Bertz CT molecular complexity index is 1440. The molecule has 0 aromatic heterocycles. The second kappa shape index (κ2) is 14.2. The number of benzene rings is 2. The summed E-state index contributed by atoms with van der Waals surface area (Å²) in [7, 11) is 0. The number of hydrogen-bond acceptors (Lipinski definition) is 8. The lowest BCUT2D eigenvalue weighted by atomic mass is 10.1. The van der Waals surface area contributed by atoms with Gasteiger partial charge in [-0.05, 0) is 37.1 Å². The second-order valence-electron chi connectivity index (χ2n) is 10.7. The van der Waals surface area contributed by atoms with Gasteiger partial charge in [0.15, 0.2) is 0 Å². The van der Waals surface area contributed by atoms with Crippen molar-refractivity contribution in [1.29, 1.82) is 0 Å². The van der Waals surface area contributed by atoms with E-state index >= 15 is 0 Å². The zero-order valence-electron chi connectivity index (χ0n) is 24.5. The van der Waals surface area contributed by atoms with Crippen molar-refractivity contribution < 1.29 is 19.2 Å². The maximum absolute atomic E-state index is 13.0. The summed E-state index contributed by atoms with van der Waals surface area (Å²) in [6, 6.07) is 15.8. The fourth-order valence-electron chi connectivity index (χ4n) is 4.95. The summed E-state index contributed by atoms with van der Waals surface area (Å²) in [5.74, 6) is -0.523. The molecule has 0 spiro atoms. The number of rotatable bonds is 8. The highest BCUT2D eigenvalue weighted by atomic mass is 32.2. The molecule has 228 valence electrons. The minimum atomic E-state index is -0.184. The van der Waals surface area contributed by atoms with Crippen molar-refractivity contribution in [2.45, 2.75) is 26.7 Å². The molecular weight excluding hydrogens is 633 g/mol. The van der Waals surface area contributed by atoms with Crippen molar-refractivity contribution in [3.8, 4) is 0 Å². The normalized spacial score (nSPS) is 19.2. The Hall–Kier alpha value is -3.32. The molecule has 0 unspecified atom stereocenters. The van der Waals surface area contributed by atoms with Gasteiger partial charge in [0.1, 0.15) is 8.64 Å². The number of carbonyl (C=O) groups is 4. The van der Waals surface area contributed by atoms with Crippen molar-refractivity contribution >= 4 is 92.4 Å². The van der Waals surface area contributed by atoms with Gasteiger partial charge < -0.3 is 9.80 Å². The fraction of sp³-hybridized carbons (Fsp3) is 0.312. The molecule has 3 aliphatic heterocycles. The summed E-state index contributed by atoms with van der Waals surface area (Å²) in [6.07, 6.45) is 3.96. The lowest BCUT2D eigenvalue weighted by Gasteiger charge is -2.35. The second-order valence-corrected chi connectivity index (χ2v) is 14.1. The van der Waals surface area contributed by atoms with Gasteiger partial charge in [0.2, 0.25) is 11.8 Å². The highest BCUT2D eigenvalue weighted by Gasteiger charge is 2.34. The molecule has 44 heavy (non-hydrogen) atoms. The minimum absolute atomic E-state index is 0.0772. The molecule has 2 aromatic carbocycles. The van der Waals surface area contributed by atoms with Crippen LogP contribution in [0, 0.1) is 13.8 Å². The molecule has 0 bridgehead atoms. The third kappa shape index (κ3) is 7.66. The van der Waals surface area contributed by atoms with Crippen LogP contribution in [0.1, 0.15) is 35.1 Å². The average Bonchev–Trinajstić information content (AvgIpc) is 3.44. The standard InChI is InChI=1S/C32H32N4O4S4/c1-21-3-7-23(8-4-21)19-25-29(39)35(31(41)43-25)13-11-27(37)33-15-17-34(18-16-33)28(38)12-14-36-30(40)26(44-32(36)42)20-24-9-5-22(2)6-10-24/h3-10,19-20H,11-18H2,1-2H3/b25-19+,26-20+. The van der Waals surface area contributed by atoms with Gasteiger partial charge in [0.05, 0.1) is 9.81 Å². The molecule has 3 aliphatic rings. The van der Waals surface area contributed by atoms with Crippen LogP contribution in [-0.2, 0) is 19.2 Å². The van der Waals surface area contributed by atoms with Crippen LogP contribution in [0.3, 0.4) is 0 Å². The lowest BCUT2D eigenvalue weighted by Crippen LogP contribution is -2.51. The van der Waals surface area contributed by atoms with Crippen molar-refractivity contribution in [3.05, 3.63) is 80.6 Å². The maximum Gasteiger partial charge on any atom is 0.266 e. The molecule has 0 radical (unpaired) electrons. The number of piperazine rings is 1. The summed E-state index contributed by atoms with van der Waals surface area (Å²) in [5, 5.41) is 0. The van der Waals surface area contributed by atoms with Gasteiger partial charge in [0.25, 0.3) is 11.8 Å². The van der Waals surface area contributed by atoms with Gasteiger partial charge in [-0.1, -0.05) is 108 Å². The zero-order chi connectivity index (χ0) is 31.4. The van der Waals surface area contributed by atoms with Crippen molar-refractivity contribution in [2.24, 2.45) is 0 Å². The summed E-state index contributed by atoms with van der Waals surface area (Å²) < 4.78 is 0.896. The molecule has 0 saturated carbocycles. The highest BCUT2D eigenvalue weighted by Crippen LogP contribution is 2.34. The molecule has 0 aliphatic carbocycles. The lowest BCUT2D eigenvalue weighted by molar-refractivity contribution is -0.140. The first-order valence-corrected chi connectivity index (χ1v) is 16.7. The molecule has 2 aromatic rings. The molecule has 4 amide bonds. The van der Waals surface area contributed by atoms with E-state index in [9.17, 15) is 19.2 Å². The van der Waals surface area contributed by atoms with Crippen LogP contribution < -0.4 is 0 Å². The van der Waals surface area contributed by atoms with Gasteiger partial charge in [-0.3, -0.25) is 29.0 Å². The molecule has 5 rings (SSSR count). The summed E-state index contributed by atoms with van der Waals surface area (Å²) >= 11 is 13.3. The van der Waals surface area contributed by atoms with Crippen LogP contribution in [0.2, 0.25) is 0 Å². The van der Waals surface area contributed by atoms with Crippen LogP contribution in [-0.4, -0.2) is 91.1 Å². The zero-order valence-corrected chi connectivity index (χ0v) is 27.8. The van der Waals surface area contributed by atoms with E-state index in [2.05, 4.69) is 0 Å². The minimum Gasteiger partial charge on any atom is -0.339 e. The predicted octanol–water partition coefficient (Wildman–Crippen LogP) is 4.86. The topological polar surface area (TPSA) is 81.2 Å². The average molecular weight is 665 g/mol. The number of thioether (sulfide) groups is 2. The third-order valence-electron chi connectivity index (χ3n) is 7.58. The van der Waals surface area contributed by atoms with E-state index in [1.165, 1.54) is 33.3 Å². The van der Waals surface area contributed by atoms with Gasteiger partial charge in [-0.2, -0.15) is 0 Å². The van der Waals surface area contributed by atoms with Crippen molar-refractivity contribution in [1.82, 2.24) is 19.6 Å². The number of carbonyl (C=O) groups excluding carboxylic acids is 4. The quantitative estimate of drug-likeness (QED) is 0.293. The van der Waals surface area contributed by atoms with Crippen LogP contribution >= 0.6 is 48.0 Å². The predicted molar refractivity (Wildman–Crippen MR) is 185 cm³/mol. The number of aryl methyl sites for hydroxylation is 2.